The number of ether oxygens (including phenoxy) is 3. The number of carbonyl (C=O) groups is 1. The normalized spacial score (nSPS) is 16.7. The van der Waals surface area contributed by atoms with Crippen LogP contribution in [0.4, 0.5) is 0 Å². The van der Waals surface area contributed by atoms with Crippen molar-refractivity contribution in [3.8, 4) is 11.5 Å². The molecule has 0 aliphatic carbocycles. The molecule has 6 nitrogen and oxygen atoms in total. The molecule has 20 heavy (non-hydrogen) atoms. The molecule has 2 heterocycles. The Kier molecular flexibility index (Phi) is 4.44. The van der Waals surface area contributed by atoms with Crippen LogP contribution in [0.1, 0.15) is 35.6 Å². The Morgan fingerprint density at radius 2 is 2.25 bits per heavy atom. The smallest absolute Gasteiger partial charge is 0.407 e. The Bertz CT molecular complexity index is 515. The number of hydrogen-bond acceptors (Lipinski definition) is 5. The molecule has 0 saturated carbocycles. The van der Waals surface area contributed by atoms with Gasteiger partial charge in [-0.25, -0.2) is 4.79 Å². The van der Waals surface area contributed by atoms with Crippen molar-refractivity contribution in [2.24, 2.45) is 0 Å². The van der Waals surface area contributed by atoms with Gasteiger partial charge in [0.1, 0.15) is 6.61 Å². The van der Waals surface area contributed by atoms with Gasteiger partial charge in [-0.1, -0.05) is 0 Å². The fourth-order valence-electron chi connectivity index (χ4n) is 2.63. The van der Waals surface area contributed by atoms with E-state index in [9.17, 15) is 9.90 Å². The van der Waals surface area contributed by atoms with E-state index in [0.29, 0.717) is 23.8 Å². The van der Waals surface area contributed by atoms with Crippen LogP contribution in [0.5, 0.6) is 11.5 Å². The van der Waals surface area contributed by atoms with E-state index in [1.807, 2.05) is 13.0 Å². The van der Waals surface area contributed by atoms with Gasteiger partial charge in [0.15, 0.2) is 17.5 Å². The number of nitrogens with zero attached hydrogens (tertiary/aromatic N) is 1. The van der Waals surface area contributed by atoms with Gasteiger partial charge in [-0.15, -0.1) is 0 Å². The second kappa shape index (κ2) is 6.09. The van der Waals surface area contributed by atoms with Crippen molar-refractivity contribution in [2.75, 3.05) is 27.4 Å². The number of carbonyl (C=O) groups excluding carboxylic acids is 1. The first kappa shape index (κ1) is 14.6. The molecule has 1 unspecified atom stereocenters. The number of methoxy groups -OCH3 is 2. The van der Waals surface area contributed by atoms with Gasteiger partial charge in [0.25, 0.3) is 0 Å². The lowest BCUT2D eigenvalue weighted by atomic mass is 10.2. The predicted octanol–water partition coefficient (Wildman–Crippen LogP) is 0.648. The fourth-order valence-corrected chi connectivity index (χ4v) is 2.63. The molecular weight excluding hydrogens is 262 g/mol. The Morgan fingerprint density at radius 1 is 1.50 bits per heavy atom. The van der Waals surface area contributed by atoms with Crippen molar-refractivity contribution < 1.29 is 28.7 Å². The first-order valence-corrected chi connectivity index (χ1v) is 6.65. The molecule has 0 bridgehead atoms. The molecule has 1 aromatic rings. The minimum Gasteiger partial charge on any atom is -0.489 e. The Labute approximate surface area is 117 Å². The zero-order valence-corrected chi connectivity index (χ0v) is 12.0. The van der Waals surface area contributed by atoms with Crippen molar-refractivity contribution in [3.05, 3.63) is 17.5 Å². The first-order chi connectivity index (χ1) is 9.67. The maximum atomic E-state index is 12.1. The van der Waals surface area contributed by atoms with Crippen LogP contribution in [0.25, 0.3) is 0 Å². The lowest BCUT2D eigenvalue weighted by Crippen LogP contribution is -2.46. The van der Waals surface area contributed by atoms with Crippen LogP contribution >= 0.6 is 0 Å². The van der Waals surface area contributed by atoms with E-state index in [4.69, 9.17) is 14.2 Å². The van der Waals surface area contributed by atoms with Gasteiger partial charge >= 0.3 is 11.7 Å². The van der Waals surface area contributed by atoms with Crippen LogP contribution in [0.3, 0.4) is 0 Å². The summed E-state index contributed by atoms with van der Waals surface area (Å²) >= 11 is 0. The Hall–Kier alpha value is -1.82. The minimum atomic E-state index is -0.495. The minimum absolute atomic E-state index is 0.0290. The first-order valence-electron chi connectivity index (χ1n) is 6.65. The molecule has 1 aromatic heterocycles. The molecule has 1 aliphatic heterocycles. The summed E-state index contributed by atoms with van der Waals surface area (Å²) in [4.78, 5) is 12.1. The summed E-state index contributed by atoms with van der Waals surface area (Å²) in [6, 6.07) is 1.73. The largest absolute Gasteiger partial charge is 0.489 e. The molecule has 6 heteroatoms. The summed E-state index contributed by atoms with van der Waals surface area (Å²) in [7, 11) is 2.81. The highest BCUT2D eigenvalue weighted by Gasteiger charge is 2.41. The van der Waals surface area contributed by atoms with Gasteiger partial charge in [0.2, 0.25) is 5.75 Å². The molecule has 0 aromatic carbocycles. The van der Waals surface area contributed by atoms with E-state index in [-0.39, 0.29) is 12.6 Å². The lowest BCUT2D eigenvalue weighted by molar-refractivity contribution is -0.720. The van der Waals surface area contributed by atoms with Gasteiger partial charge in [-0.3, -0.25) is 0 Å². The number of aliphatic hydroxyl groups is 1. The number of hydrogen-bond donors (Lipinski definition) is 1. The number of aryl methyl sites for hydroxylation is 1. The topological polar surface area (TPSA) is 68.9 Å². The fraction of sp³-hybridized carbons (Fsp3) is 0.571. The number of esters is 1. The van der Waals surface area contributed by atoms with Crippen molar-refractivity contribution in [1.29, 1.82) is 0 Å². The second-order valence-corrected chi connectivity index (χ2v) is 4.55. The number of pyridine rings is 1. The van der Waals surface area contributed by atoms with Gasteiger partial charge in [-0.2, -0.15) is 4.57 Å². The lowest BCUT2D eigenvalue weighted by Gasteiger charge is -2.14. The maximum Gasteiger partial charge on any atom is 0.407 e. The molecule has 0 amide bonds. The molecule has 1 N–H and O–H groups in total. The van der Waals surface area contributed by atoms with Crippen LogP contribution in [0.2, 0.25) is 0 Å². The average molecular weight is 282 g/mol. The molecule has 1 aliphatic rings. The van der Waals surface area contributed by atoms with Crippen LogP contribution in [0, 0.1) is 0 Å². The summed E-state index contributed by atoms with van der Waals surface area (Å²) in [5.74, 6) is 0.382. The van der Waals surface area contributed by atoms with E-state index in [0.717, 1.165) is 18.5 Å². The number of aliphatic hydroxyl groups excluding tert-OH is 1. The third-order valence-electron chi connectivity index (χ3n) is 3.48. The molecule has 1 atom stereocenters. The molecule has 110 valence electrons. The molecular formula is C14H20NO5+. The van der Waals surface area contributed by atoms with Crippen molar-refractivity contribution in [2.45, 2.75) is 25.8 Å². The third kappa shape index (κ3) is 2.31. The molecule has 0 fully saturated rings. The highest BCUT2D eigenvalue weighted by molar-refractivity contribution is 5.89. The van der Waals surface area contributed by atoms with Crippen molar-refractivity contribution in [3.63, 3.8) is 0 Å². The van der Waals surface area contributed by atoms with Crippen molar-refractivity contribution >= 4 is 5.97 Å². The third-order valence-corrected chi connectivity index (χ3v) is 3.48. The van der Waals surface area contributed by atoms with Crippen LogP contribution in [-0.4, -0.2) is 38.5 Å². The molecule has 0 saturated heterocycles. The van der Waals surface area contributed by atoms with E-state index in [1.54, 1.807) is 4.57 Å². The maximum absolute atomic E-state index is 12.1. The SMILES string of the molecule is CCOc1cc2[n+](c(C(=O)OC)c1OC)C(CO)CC2. The van der Waals surface area contributed by atoms with E-state index < -0.39 is 5.97 Å². The standard InChI is InChI=1S/C14H20NO5/c1-4-20-11-7-9-5-6-10(8-16)15(9)12(13(11)18-2)14(17)19-3/h7,10,16H,4-6,8H2,1-3H3/q+1. The van der Waals surface area contributed by atoms with Crippen molar-refractivity contribution in [1.82, 2.24) is 0 Å². The molecule has 2 rings (SSSR count). The zero-order valence-electron chi connectivity index (χ0n) is 12.0. The highest BCUT2D eigenvalue weighted by Crippen LogP contribution is 2.34. The van der Waals surface area contributed by atoms with Gasteiger partial charge in [0.05, 0.1) is 26.9 Å². The highest BCUT2D eigenvalue weighted by atomic mass is 16.5. The summed E-state index contributed by atoms with van der Waals surface area (Å²) in [5.41, 5.74) is 1.24. The second-order valence-electron chi connectivity index (χ2n) is 4.55. The zero-order chi connectivity index (χ0) is 14.7. The van der Waals surface area contributed by atoms with E-state index >= 15 is 0 Å². The van der Waals surface area contributed by atoms with Crippen LogP contribution in [-0.2, 0) is 11.2 Å². The summed E-state index contributed by atoms with van der Waals surface area (Å²) < 4.78 is 17.5. The number of aromatic nitrogens is 1. The Morgan fingerprint density at radius 3 is 2.80 bits per heavy atom. The molecule has 0 radical (unpaired) electrons. The van der Waals surface area contributed by atoms with Crippen LogP contribution < -0.4 is 14.0 Å². The summed E-state index contributed by atoms with van der Waals surface area (Å²) in [5, 5.41) is 9.48. The molecule has 0 spiro atoms. The van der Waals surface area contributed by atoms with Gasteiger partial charge in [-0.05, 0) is 6.92 Å². The number of rotatable bonds is 5. The number of fused-ring (bicyclic) bond motifs is 1. The average Bonchev–Trinajstić information content (AvgIpc) is 2.87. The van der Waals surface area contributed by atoms with Gasteiger partial charge in [0, 0.05) is 12.8 Å². The predicted molar refractivity (Wildman–Crippen MR) is 70.1 cm³/mol. The van der Waals surface area contributed by atoms with Crippen LogP contribution in [0.15, 0.2) is 6.07 Å². The van der Waals surface area contributed by atoms with Gasteiger partial charge < -0.3 is 19.3 Å². The monoisotopic (exact) mass is 282 g/mol. The summed E-state index contributed by atoms with van der Waals surface area (Å²) in [6.45, 7) is 2.32. The quantitative estimate of drug-likeness (QED) is 0.634. The summed E-state index contributed by atoms with van der Waals surface area (Å²) in [6.07, 6.45) is 1.55. The Balaban J connectivity index is 2.67. The van der Waals surface area contributed by atoms with E-state index in [1.165, 1.54) is 14.2 Å². The van der Waals surface area contributed by atoms with E-state index in [2.05, 4.69) is 0 Å².